The number of hydrogen-bond donors (Lipinski definition) is 0. The van der Waals surface area contributed by atoms with Crippen LogP contribution in [0.5, 0.6) is 0 Å². The Morgan fingerprint density at radius 3 is 2.52 bits per heavy atom. The lowest BCUT2D eigenvalue weighted by atomic mass is 10.0. The summed E-state index contributed by atoms with van der Waals surface area (Å²) < 4.78 is 29.8. The number of carbonyl (C=O) groups is 1. The maximum Gasteiger partial charge on any atom is 0.227 e. The van der Waals surface area contributed by atoms with Crippen LogP contribution in [0.1, 0.15) is 37.0 Å². The Labute approximate surface area is 173 Å². The molecule has 0 saturated carbocycles. The molecule has 1 aliphatic heterocycles. The van der Waals surface area contributed by atoms with E-state index in [1.165, 1.54) is 0 Å². The molecule has 3 rings (SSSR count). The molecule has 1 fully saturated rings. The number of fused-ring (bicyclic) bond motifs is 1. The third-order valence-corrected chi connectivity index (χ3v) is 7.95. The number of nitrogens with zero attached hydrogens (tertiary/aromatic N) is 2. The molecule has 160 valence electrons. The molecule has 1 aromatic carbocycles. The van der Waals surface area contributed by atoms with Gasteiger partial charge in [0.05, 0.1) is 24.2 Å². The van der Waals surface area contributed by atoms with Crippen molar-refractivity contribution in [3.05, 3.63) is 35.1 Å². The summed E-state index contributed by atoms with van der Waals surface area (Å²) in [4.78, 5) is 17.3. The Morgan fingerprint density at radius 1 is 1.17 bits per heavy atom. The van der Waals surface area contributed by atoms with E-state index >= 15 is 0 Å². The third kappa shape index (κ3) is 4.83. The second-order valence-corrected chi connectivity index (χ2v) is 10.2. The van der Waals surface area contributed by atoms with Crippen molar-refractivity contribution in [2.24, 2.45) is 0 Å². The molecular formula is C22H32N2O4S. The molecule has 1 aromatic heterocycles. The van der Waals surface area contributed by atoms with Gasteiger partial charge in [0.15, 0.2) is 9.84 Å². The van der Waals surface area contributed by atoms with Crippen molar-refractivity contribution in [2.45, 2.75) is 46.6 Å². The number of amides is 1. The summed E-state index contributed by atoms with van der Waals surface area (Å²) in [5, 5.41) is 0.962. The molecule has 0 aliphatic carbocycles. The van der Waals surface area contributed by atoms with E-state index in [2.05, 4.69) is 18.7 Å². The van der Waals surface area contributed by atoms with Crippen molar-refractivity contribution in [3.63, 3.8) is 0 Å². The number of furan rings is 1. The van der Waals surface area contributed by atoms with E-state index in [4.69, 9.17) is 4.42 Å². The Morgan fingerprint density at radius 2 is 1.90 bits per heavy atom. The first kappa shape index (κ1) is 21.8. The molecule has 1 unspecified atom stereocenters. The molecule has 0 bridgehead atoms. The van der Waals surface area contributed by atoms with Crippen molar-refractivity contribution < 1.29 is 17.6 Å². The van der Waals surface area contributed by atoms with Gasteiger partial charge >= 0.3 is 0 Å². The zero-order chi connectivity index (χ0) is 21.2. The predicted octanol–water partition coefficient (Wildman–Crippen LogP) is 2.95. The first-order chi connectivity index (χ1) is 13.8. The van der Waals surface area contributed by atoms with Gasteiger partial charge in [0.25, 0.3) is 0 Å². The molecule has 1 atom stereocenters. The van der Waals surface area contributed by atoms with Crippen LogP contribution in [0, 0.1) is 13.8 Å². The van der Waals surface area contributed by atoms with E-state index in [0.717, 1.165) is 47.3 Å². The van der Waals surface area contributed by atoms with Gasteiger partial charge in [-0.2, -0.15) is 0 Å². The Kier molecular flexibility index (Phi) is 6.69. The van der Waals surface area contributed by atoms with Crippen molar-refractivity contribution in [2.75, 3.05) is 37.7 Å². The van der Waals surface area contributed by atoms with Crippen LogP contribution in [0.3, 0.4) is 0 Å². The average molecular weight is 421 g/mol. The van der Waals surface area contributed by atoms with Crippen molar-refractivity contribution in [3.8, 4) is 0 Å². The minimum atomic E-state index is -3.06. The van der Waals surface area contributed by atoms with Crippen molar-refractivity contribution in [1.29, 1.82) is 0 Å². The number of rotatable bonds is 8. The number of benzene rings is 1. The van der Waals surface area contributed by atoms with Gasteiger partial charge in [-0.3, -0.25) is 4.79 Å². The van der Waals surface area contributed by atoms with Gasteiger partial charge < -0.3 is 14.2 Å². The third-order valence-electron chi connectivity index (χ3n) is 6.20. The first-order valence-corrected chi connectivity index (χ1v) is 12.3. The summed E-state index contributed by atoms with van der Waals surface area (Å²) >= 11 is 0. The average Bonchev–Trinajstić information content (AvgIpc) is 3.25. The van der Waals surface area contributed by atoms with Crippen LogP contribution < -0.4 is 0 Å². The molecule has 1 amide bonds. The highest BCUT2D eigenvalue weighted by atomic mass is 32.2. The zero-order valence-electron chi connectivity index (χ0n) is 17.9. The van der Waals surface area contributed by atoms with Gasteiger partial charge in [0.1, 0.15) is 5.58 Å². The summed E-state index contributed by atoms with van der Waals surface area (Å²) in [7, 11) is -3.06. The summed E-state index contributed by atoms with van der Waals surface area (Å²) in [6.45, 7) is 11.4. The number of hydrogen-bond acceptors (Lipinski definition) is 5. The van der Waals surface area contributed by atoms with Crippen LogP contribution in [0.15, 0.2) is 22.8 Å². The van der Waals surface area contributed by atoms with Gasteiger partial charge in [0.2, 0.25) is 5.91 Å². The highest BCUT2D eigenvalue weighted by Gasteiger charge is 2.34. The Hall–Kier alpha value is -1.86. The van der Waals surface area contributed by atoms with Gasteiger partial charge in [-0.15, -0.1) is 0 Å². The Bertz CT molecular complexity index is 976. The molecule has 1 saturated heterocycles. The van der Waals surface area contributed by atoms with Crippen LogP contribution in [0.4, 0.5) is 0 Å². The lowest BCUT2D eigenvalue weighted by Crippen LogP contribution is -2.46. The van der Waals surface area contributed by atoms with Gasteiger partial charge in [-0.1, -0.05) is 26.0 Å². The lowest BCUT2D eigenvalue weighted by molar-refractivity contribution is -0.132. The molecule has 6 nitrogen and oxygen atoms in total. The van der Waals surface area contributed by atoms with E-state index in [1.54, 1.807) is 11.2 Å². The van der Waals surface area contributed by atoms with Crippen LogP contribution in [0.2, 0.25) is 0 Å². The van der Waals surface area contributed by atoms with Crippen molar-refractivity contribution in [1.82, 2.24) is 9.80 Å². The number of likely N-dealkylation sites (N-methyl/N-ethyl adjacent to an activating group) is 1. The largest absolute Gasteiger partial charge is 0.464 e. The van der Waals surface area contributed by atoms with E-state index in [9.17, 15) is 13.2 Å². The first-order valence-electron chi connectivity index (χ1n) is 10.4. The quantitative estimate of drug-likeness (QED) is 0.657. The minimum absolute atomic E-state index is 0.0276. The summed E-state index contributed by atoms with van der Waals surface area (Å²) in [5.74, 6) is 0.210. The van der Waals surface area contributed by atoms with Crippen LogP contribution in [-0.2, 0) is 21.1 Å². The smallest absolute Gasteiger partial charge is 0.227 e. The van der Waals surface area contributed by atoms with E-state index in [0.29, 0.717) is 13.0 Å². The van der Waals surface area contributed by atoms with Gasteiger partial charge in [-0.05, 0) is 44.5 Å². The SMILES string of the molecule is CCN(CC)CCN(C(=O)Cc1coc2c(C)c(C)ccc12)C1CCS(=O)(=O)C1. The molecular weight excluding hydrogens is 388 g/mol. The molecule has 1 aliphatic rings. The number of sulfone groups is 1. The summed E-state index contributed by atoms with van der Waals surface area (Å²) in [6, 6.07) is 3.82. The molecule has 0 N–H and O–H groups in total. The maximum atomic E-state index is 13.3. The fourth-order valence-electron chi connectivity index (χ4n) is 4.11. The molecule has 0 spiro atoms. The zero-order valence-corrected chi connectivity index (χ0v) is 18.7. The fraction of sp³-hybridized carbons (Fsp3) is 0.591. The fourth-order valence-corrected chi connectivity index (χ4v) is 5.84. The van der Waals surface area contributed by atoms with Crippen molar-refractivity contribution >= 4 is 26.7 Å². The second kappa shape index (κ2) is 8.88. The highest BCUT2D eigenvalue weighted by Crippen LogP contribution is 2.28. The highest BCUT2D eigenvalue weighted by molar-refractivity contribution is 7.91. The molecule has 7 heteroatoms. The van der Waals surface area contributed by atoms with Crippen LogP contribution in [-0.4, -0.2) is 67.9 Å². The molecule has 2 heterocycles. The number of aryl methyl sites for hydroxylation is 2. The second-order valence-electron chi connectivity index (χ2n) is 7.99. The predicted molar refractivity (Wildman–Crippen MR) is 116 cm³/mol. The van der Waals surface area contributed by atoms with E-state index < -0.39 is 9.84 Å². The summed E-state index contributed by atoms with van der Waals surface area (Å²) in [6.07, 6.45) is 2.42. The van der Waals surface area contributed by atoms with Crippen LogP contribution in [0.25, 0.3) is 11.0 Å². The van der Waals surface area contributed by atoms with Gasteiger partial charge in [-0.25, -0.2) is 8.42 Å². The van der Waals surface area contributed by atoms with E-state index in [-0.39, 0.29) is 29.9 Å². The topological polar surface area (TPSA) is 70.8 Å². The van der Waals surface area contributed by atoms with Crippen LogP contribution >= 0.6 is 0 Å². The molecule has 29 heavy (non-hydrogen) atoms. The lowest BCUT2D eigenvalue weighted by Gasteiger charge is -2.31. The monoisotopic (exact) mass is 420 g/mol. The normalized spacial score (nSPS) is 18.6. The molecule has 0 radical (unpaired) electrons. The minimum Gasteiger partial charge on any atom is -0.464 e. The maximum absolute atomic E-state index is 13.3. The summed E-state index contributed by atoms with van der Waals surface area (Å²) in [5.41, 5.74) is 3.93. The molecule has 2 aromatic rings. The number of carbonyl (C=O) groups excluding carboxylic acids is 1. The van der Waals surface area contributed by atoms with Gasteiger partial charge in [0, 0.05) is 30.1 Å². The standard InChI is InChI=1S/C22H32N2O4S/c1-5-23(6-2)10-11-24(19-9-12-29(26,27)15-19)21(25)13-18-14-28-22-17(4)16(3)7-8-20(18)22/h7-8,14,19H,5-6,9-13,15H2,1-4H3. The van der Waals surface area contributed by atoms with E-state index in [1.807, 2.05) is 26.0 Å². The Balaban J connectivity index is 1.81.